The second-order valence-corrected chi connectivity index (χ2v) is 8.59. The highest BCUT2D eigenvalue weighted by Crippen LogP contribution is 2.48. The van der Waals surface area contributed by atoms with Crippen molar-refractivity contribution >= 4 is 22.9 Å². The summed E-state index contributed by atoms with van der Waals surface area (Å²) in [5.74, 6) is 1.25. The highest BCUT2D eigenvalue weighted by molar-refractivity contribution is 7.10. The molecule has 3 nitrogen and oxygen atoms in total. The van der Waals surface area contributed by atoms with Crippen LogP contribution in [-0.4, -0.2) is 23.9 Å². The summed E-state index contributed by atoms with van der Waals surface area (Å²) in [5, 5.41) is 5.37. The molecule has 0 saturated heterocycles. The van der Waals surface area contributed by atoms with Crippen molar-refractivity contribution in [1.29, 1.82) is 0 Å². The number of thiophene rings is 1. The Morgan fingerprint density at radius 1 is 1.28 bits per heavy atom. The molecule has 4 heteroatoms. The third kappa shape index (κ3) is 3.51. The van der Waals surface area contributed by atoms with Crippen molar-refractivity contribution in [3.05, 3.63) is 51.7 Å². The van der Waals surface area contributed by atoms with Crippen LogP contribution in [-0.2, 0) is 11.2 Å². The fourth-order valence-electron chi connectivity index (χ4n) is 4.03. The Balaban J connectivity index is 1.48. The minimum absolute atomic E-state index is 0.109. The first-order valence-corrected chi connectivity index (χ1v) is 10.2. The van der Waals surface area contributed by atoms with Gasteiger partial charge in [0.25, 0.3) is 0 Å². The normalized spacial score (nSPS) is 20.5. The molecule has 1 saturated carbocycles. The van der Waals surface area contributed by atoms with Crippen LogP contribution in [0.25, 0.3) is 0 Å². The monoisotopic (exact) mass is 354 g/mol. The lowest BCUT2D eigenvalue weighted by molar-refractivity contribution is -0.118. The molecule has 25 heavy (non-hydrogen) atoms. The number of para-hydroxylation sites is 1. The van der Waals surface area contributed by atoms with Gasteiger partial charge in [-0.05, 0) is 59.7 Å². The summed E-state index contributed by atoms with van der Waals surface area (Å²) in [5.41, 5.74) is 3.64. The Bertz CT molecular complexity index is 763. The van der Waals surface area contributed by atoms with Crippen LogP contribution in [0.3, 0.4) is 0 Å². The number of nitrogens with one attached hydrogen (secondary N) is 1. The van der Waals surface area contributed by atoms with Gasteiger partial charge in [-0.2, -0.15) is 0 Å². The van der Waals surface area contributed by atoms with Crippen LogP contribution in [0.15, 0.2) is 35.7 Å². The average molecular weight is 355 g/mol. The molecule has 1 aliphatic heterocycles. The van der Waals surface area contributed by atoms with E-state index in [0.29, 0.717) is 18.5 Å². The Morgan fingerprint density at radius 2 is 2.08 bits per heavy atom. The van der Waals surface area contributed by atoms with Gasteiger partial charge in [-0.1, -0.05) is 32.0 Å². The third-order valence-electron chi connectivity index (χ3n) is 5.39. The molecule has 0 bridgehead atoms. The number of benzene rings is 1. The number of rotatable bonds is 5. The van der Waals surface area contributed by atoms with Gasteiger partial charge in [-0.15, -0.1) is 11.3 Å². The number of amides is 1. The number of carbonyl (C=O) groups excluding carboxylic acids is 1. The summed E-state index contributed by atoms with van der Waals surface area (Å²) in [4.78, 5) is 16.7. The topological polar surface area (TPSA) is 32.3 Å². The van der Waals surface area contributed by atoms with Crippen molar-refractivity contribution in [2.45, 2.75) is 45.1 Å². The van der Waals surface area contributed by atoms with Crippen molar-refractivity contribution in [2.75, 3.05) is 18.4 Å². The first kappa shape index (κ1) is 16.8. The minimum atomic E-state index is 0.109. The zero-order chi connectivity index (χ0) is 17.4. The molecule has 1 aromatic heterocycles. The van der Waals surface area contributed by atoms with Crippen molar-refractivity contribution < 1.29 is 4.79 Å². The Morgan fingerprint density at radius 3 is 2.84 bits per heavy atom. The van der Waals surface area contributed by atoms with Gasteiger partial charge in [0.2, 0.25) is 5.91 Å². The first-order chi connectivity index (χ1) is 12.1. The summed E-state index contributed by atoms with van der Waals surface area (Å²) in [6.45, 7) is 5.81. The van der Waals surface area contributed by atoms with E-state index in [2.05, 4.69) is 41.6 Å². The van der Waals surface area contributed by atoms with Crippen LogP contribution in [0.5, 0.6) is 0 Å². The molecule has 1 fully saturated rings. The van der Waals surface area contributed by atoms with Crippen LogP contribution >= 0.6 is 11.3 Å². The molecule has 1 aliphatic carbocycles. The lowest BCUT2D eigenvalue weighted by atomic mass is 9.96. The highest BCUT2D eigenvalue weighted by atomic mass is 32.1. The molecule has 2 heterocycles. The van der Waals surface area contributed by atoms with Gasteiger partial charge < -0.3 is 5.32 Å². The summed E-state index contributed by atoms with van der Waals surface area (Å²) in [6.07, 6.45) is 3.68. The van der Waals surface area contributed by atoms with E-state index < -0.39 is 0 Å². The Kier molecular flexibility index (Phi) is 4.65. The molecule has 1 N–H and O–H groups in total. The first-order valence-electron chi connectivity index (χ1n) is 9.32. The summed E-state index contributed by atoms with van der Waals surface area (Å²) in [7, 11) is 0. The van der Waals surface area contributed by atoms with Crippen LogP contribution in [0.4, 0.5) is 5.69 Å². The van der Waals surface area contributed by atoms with Gasteiger partial charge in [0.05, 0.1) is 6.54 Å². The van der Waals surface area contributed by atoms with Crippen LogP contribution in [0.2, 0.25) is 0 Å². The predicted octanol–water partition coefficient (Wildman–Crippen LogP) is 4.82. The average Bonchev–Trinajstić information content (AvgIpc) is 3.31. The molecule has 1 atom stereocenters. The molecule has 0 spiro atoms. The molecule has 2 aliphatic rings. The SMILES string of the molecule is CC(C)c1ccccc1NC(=O)CN1CCc2sccc2[C@H]1C1CC1. The molecule has 0 radical (unpaired) electrons. The number of fused-ring (bicyclic) bond motifs is 1. The summed E-state index contributed by atoms with van der Waals surface area (Å²) >= 11 is 1.88. The van der Waals surface area contributed by atoms with Crippen molar-refractivity contribution in [3.8, 4) is 0 Å². The zero-order valence-corrected chi connectivity index (χ0v) is 15.8. The van der Waals surface area contributed by atoms with Gasteiger partial charge >= 0.3 is 0 Å². The third-order valence-corrected chi connectivity index (χ3v) is 6.39. The molecular formula is C21H26N2OS. The highest BCUT2D eigenvalue weighted by Gasteiger charge is 2.40. The van der Waals surface area contributed by atoms with E-state index in [9.17, 15) is 4.79 Å². The molecule has 4 rings (SSSR count). The smallest absolute Gasteiger partial charge is 0.238 e. The van der Waals surface area contributed by atoms with E-state index in [4.69, 9.17) is 0 Å². The van der Waals surface area contributed by atoms with Crippen molar-refractivity contribution in [3.63, 3.8) is 0 Å². The maximum Gasteiger partial charge on any atom is 0.238 e. The molecule has 0 unspecified atom stereocenters. The van der Waals surface area contributed by atoms with E-state index in [-0.39, 0.29) is 5.91 Å². The number of carbonyl (C=O) groups is 1. The number of nitrogens with zero attached hydrogens (tertiary/aromatic N) is 1. The maximum atomic E-state index is 12.7. The van der Waals surface area contributed by atoms with Gasteiger partial charge in [-0.25, -0.2) is 0 Å². The summed E-state index contributed by atoms with van der Waals surface area (Å²) < 4.78 is 0. The van der Waals surface area contributed by atoms with E-state index >= 15 is 0 Å². The zero-order valence-electron chi connectivity index (χ0n) is 15.0. The van der Waals surface area contributed by atoms with Crippen molar-refractivity contribution in [2.24, 2.45) is 5.92 Å². The van der Waals surface area contributed by atoms with Crippen LogP contribution in [0, 0.1) is 5.92 Å². The number of hydrogen-bond acceptors (Lipinski definition) is 3. The van der Waals surface area contributed by atoms with E-state index in [1.54, 1.807) is 0 Å². The second-order valence-electron chi connectivity index (χ2n) is 7.59. The largest absolute Gasteiger partial charge is 0.325 e. The fraction of sp³-hybridized carbons (Fsp3) is 0.476. The van der Waals surface area contributed by atoms with E-state index in [1.807, 2.05) is 29.5 Å². The van der Waals surface area contributed by atoms with Gasteiger partial charge in [0, 0.05) is 23.2 Å². The molecule has 132 valence electrons. The number of anilines is 1. The predicted molar refractivity (Wildman–Crippen MR) is 104 cm³/mol. The second kappa shape index (κ2) is 6.93. The van der Waals surface area contributed by atoms with Crippen LogP contribution in [0.1, 0.15) is 54.7 Å². The van der Waals surface area contributed by atoms with Gasteiger partial charge in [0.1, 0.15) is 0 Å². The van der Waals surface area contributed by atoms with Crippen LogP contribution < -0.4 is 5.32 Å². The molecular weight excluding hydrogens is 328 g/mol. The molecule has 1 aromatic carbocycles. The van der Waals surface area contributed by atoms with Crippen molar-refractivity contribution in [1.82, 2.24) is 4.90 Å². The lowest BCUT2D eigenvalue weighted by Crippen LogP contribution is -2.41. The van der Waals surface area contributed by atoms with E-state index in [0.717, 1.165) is 24.6 Å². The Labute approximate surface area is 154 Å². The lowest BCUT2D eigenvalue weighted by Gasteiger charge is -2.35. The quantitative estimate of drug-likeness (QED) is 0.835. The fourth-order valence-corrected chi connectivity index (χ4v) is 4.94. The van der Waals surface area contributed by atoms with Gasteiger partial charge in [-0.3, -0.25) is 9.69 Å². The molecule has 2 aromatic rings. The maximum absolute atomic E-state index is 12.7. The minimum Gasteiger partial charge on any atom is -0.325 e. The van der Waals surface area contributed by atoms with Gasteiger partial charge in [0.15, 0.2) is 0 Å². The summed E-state index contributed by atoms with van der Waals surface area (Å²) in [6, 6.07) is 10.9. The Hall–Kier alpha value is -1.65. The number of hydrogen-bond donors (Lipinski definition) is 1. The van der Waals surface area contributed by atoms with E-state index in [1.165, 1.54) is 28.8 Å². The molecule has 1 amide bonds. The standard InChI is InChI=1S/C21H26N2OS/c1-14(2)16-5-3-4-6-18(16)22-20(24)13-23-11-9-19-17(10-12-25-19)21(23)15-7-8-15/h3-6,10,12,14-15,21H,7-9,11,13H2,1-2H3,(H,22,24)/t21-/m1/s1.